The highest BCUT2D eigenvalue weighted by molar-refractivity contribution is 9.10. The van der Waals surface area contributed by atoms with E-state index < -0.39 is 0 Å². The monoisotopic (exact) mass is 381 g/mol. The molecule has 0 bridgehead atoms. The molecule has 0 spiro atoms. The van der Waals surface area contributed by atoms with Crippen molar-refractivity contribution in [1.29, 1.82) is 0 Å². The molecule has 0 radical (unpaired) electrons. The zero-order valence-electron chi connectivity index (χ0n) is 12.9. The number of fused-ring (bicyclic) bond motifs is 3. The predicted molar refractivity (Wildman–Crippen MR) is 101 cm³/mol. The molecular weight excluding hydrogens is 366 g/mol. The van der Waals surface area contributed by atoms with Crippen LogP contribution >= 0.6 is 15.9 Å². The van der Waals surface area contributed by atoms with E-state index in [-0.39, 0.29) is 0 Å². The molecule has 0 saturated heterocycles. The van der Waals surface area contributed by atoms with Gasteiger partial charge in [-0.1, -0.05) is 40.2 Å². The van der Waals surface area contributed by atoms with Crippen LogP contribution in [-0.4, -0.2) is 27.5 Å². The molecule has 0 atom stereocenters. The molecule has 0 aliphatic carbocycles. The third kappa shape index (κ3) is 2.53. The van der Waals surface area contributed by atoms with Crippen molar-refractivity contribution in [2.75, 3.05) is 18.4 Å². The summed E-state index contributed by atoms with van der Waals surface area (Å²) in [5, 5.41) is 3.28. The molecule has 0 amide bonds. The van der Waals surface area contributed by atoms with Gasteiger partial charge in [-0.05, 0) is 24.3 Å². The van der Waals surface area contributed by atoms with E-state index in [0.717, 1.165) is 38.2 Å². The number of aromatic nitrogens is 3. The number of para-hydroxylation sites is 2. The van der Waals surface area contributed by atoms with E-state index in [4.69, 9.17) is 10.7 Å². The van der Waals surface area contributed by atoms with Crippen LogP contribution in [0, 0.1) is 0 Å². The minimum Gasteiger partial charge on any atom is -0.366 e. The third-order valence-corrected chi connectivity index (χ3v) is 4.38. The van der Waals surface area contributed by atoms with E-state index in [1.807, 2.05) is 36.5 Å². The predicted octanol–water partition coefficient (Wildman–Crippen LogP) is 3.68. The number of nitrogens with zero attached hydrogens (tertiary/aromatic N) is 3. The van der Waals surface area contributed by atoms with Gasteiger partial charge in [-0.15, -0.1) is 0 Å². The average molecular weight is 382 g/mol. The van der Waals surface area contributed by atoms with Gasteiger partial charge in [-0.3, -0.25) is 4.40 Å². The van der Waals surface area contributed by atoms with E-state index in [0.29, 0.717) is 13.1 Å². The van der Waals surface area contributed by atoms with E-state index in [2.05, 4.69) is 48.8 Å². The van der Waals surface area contributed by atoms with Gasteiger partial charge in [0.05, 0.1) is 22.9 Å². The minimum absolute atomic E-state index is 0.542. The van der Waals surface area contributed by atoms with Gasteiger partial charge in [-0.25, -0.2) is 9.97 Å². The largest absolute Gasteiger partial charge is 0.366 e. The van der Waals surface area contributed by atoms with Crippen molar-refractivity contribution in [1.82, 2.24) is 14.4 Å². The Morgan fingerprint density at radius 2 is 2.00 bits per heavy atom. The van der Waals surface area contributed by atoms with Crippen molar-refractivity contribution in [2.24, 2.45) is 5.73 Å². The first-order valence-corrected chi connectivity index (χ1v) is 8.53. The van der Waals surface area contributed by atoms with Gasteiger partial charge >= 0.3 is 0 Å². The molecule has 6 heteroatoms. The second-order valence-corrected chi connectivity index (χ2v) is 6.39. The summed E-state index contributed by atoms with van der Waals surface area (Å²) in [5.74, 6) is 0.750. The number of hydrogen-bond acceptors (Lipinski definition) is 4. The topological polar surface area (TPSA) is 68.2 Å². The molecule has 2 heterocycles. The lowest BCUT2D eigenvalue weighted by Gasteiger charge is -2.11. The first-order valence-electron chi connectivity index (χ1n) is 7.74. The summed E-state index contributed by atoms with van der Waals surface area (Å²) in [6, 6.07) is 16.3. The fourth-order valence-corrected chi connectivity index (χ4v) is 3.24. The van der Waals surface area contributed by atoms with Crippen LogP contribution in [0.25, 0.3) is 27.9 Å². The summed E-state index contributed by atoms with van der Waals surface area (Å²) < 4.78 is 3.18. The Labute approximate surface area is 147 Å². The number of imidazole rings is 1. The van der Waals surface area contributed by atoms with Crippen LogP contribution < -0.4 is 11.1 Å². The van der Waals surface area contributed by atoms with Crippen LogP contribution in [0.4, 0.5) is 5.82 Å². The summed E-state index contributed by atoms with van der Waals surface area (Å²) in [7, 11) is 0. The summed E-state index contributed by atoms with van der Waals surface area (Å²) in [6.07, 6.45) is 1.89. The molecule has 0 aliphatic heterocycles. The SMILES string of the molecule is NCCNc1nc2ccccc2n2c(-c3cccc(Br)c3)cnc12. The molecule has 2 aromatic heterocycles. The zero-order chi connectivity index (χ0) is 16.5. The van der Waals surface area contributed by atoms with Gasteiger partial charge in [0.15, 0.2) is 11.5 Å². The van der Waals surface area contributed by atoms with Crippen LogP contribution in [0.3, 0.4) is 0 Å². The fourth-order valence-electron chi connectivity index (χ4n) is 2.84. The van der Waals surface area contributed by atoms with E-state index in [1.54, 1.807) is 0 Å². The first kappa shape index (κ1) is 15.1. The van der Waals surface area contributed by atoms with Gasteiger partial charge in [0.1, 0.15) is 0 Å². The van der Waals surface area contributed by atoms with Gasteiger partial charge in [0.25, 0.3) is 0 Å². The molecule has 2 aromatic carbocycles. The fraction of sp³-hybridized carbons (Fsp3) is 0.111. The summed E-state index contributed by atoms with van der Waals surface area (Å²) in [5.41, 5.74) is 10.5. The van der Waals surface area contributed by atoms with E-state index in [1.165, 1.54) is 0 Å². The summed E-state index contributed by atoms with van der Waals surface area (Å²) in [6.45, 7) is 1.19. The van der Waals surface area contributed by atoms with Crippen molar-refractivity contribution in [3.63, 3.8) is 0 Å². The maximum Gasteiger partial charge on any atom is 0.181 e. The Kier molecular flexibility index (Phi) is 3.92. The summed E-state index contributed by atoms with van der Waals surface area (Å²) in [4.78, 5) is 9.32. The Balaban J connectivity index is 2.04. The molecule has 120 valence electrons. The van der Waals surface area contributed by atoms with Crippen LogP contribution in [0.1, 0.15) is 0 Å². The molecule has 3 N–H and O–H groups in total. The molecular formula is C18H16BrN5. The number of anilines is 1. The van der Waals surface area contributed by atoms with Gasteiger partial charge in [0, 0.05) is 23.1 Å². The van der Waals surface area contributed by atoms with Crippen molar-refractivity contribution < 1.29 is 0 Å². The molecule has 5 nitrogen and oxygen atoms in total. The average Bonchev–Trinajstić information content (AvgIpc) is 3.05. The number of rotatable bonds is 4. The molecule has 0 fully saturated rings. The second-order valence-electron chi connectivity index (χ2n) is 5.48. The van der Waals surface area contributed by atoms with E-state index >= 15 is 0 Å². The Bertz CT molecular complexity index is 1020. The zero-order valence-corrected chi connectivity index (χ0v) is 14.5. The number of nitrogens with one attached hydrogen (secondary N) is 1. The summed E-state index contributed by atoms with van der Waals surface area (Å²) >= 11 is 3.54. The molecule has 4 aromatic rings. The van der Waals surface area contributed by atoms with Crippen molar-refractivity contribution in [2.45, 2.75) is 0 Å². The molecule has 0 saturated carbocycles. The Morgan fingerprint density at radius 3 is 2.83 bits per heavy atom. The van der Waals surface area contributed by atoms with Gasteiger partial charge in [-0.2, -0.15) is 0 Å². The van der Waals surface area contributed by atoms with Crippen molar-refractivity contribution in [3.05, 3.63) is 59.2 Å². The second kappa shape index (κ2) is 6.22. The maximum absolute atomic E-state index is 5.62. The highest BCUT2D eigenvalue weighted by Crippen LogP contribution is 2.29. The molecule has 24 heavy (non-hydrogen) atoms. The normalized spacial score (nSPS) is 11.2. The smallest absolute Gasteiger partial charge is 0.181 e. The number of halogens is 1. The molecule has 0 unspecified atom stereocenters. The van der Waals surface area contributed by atoms with Crippen LogP contribution in [0.15, 0.2) is 59.2 Å². The maximum atomic E-state index is 5.62. The number of hydrogen-bond donors (Lipinski definition) is 2. The molecule has 4 rings (SSSR count). The Hall–Kier alpha value is -2.44. The van der Waals surface area contributed by atoms with Crippen LogP contribution in [-0.2, 0) is 0 Å². The first-order chi connectivity index (χ1) is 11.8. The lowest BCUT2D eigenvalue weighted by Crippen LogP contribution is -2.15. The van der Waals surface area contributed by atoms with Gasteiger partial charge < -0.3 is 11.1 Å². The lowest BCUT2D eigenvalue weighted by atomic mass is 10.1. The van der Waals surface area contributed by atoms with Crippen molar-refractivity contribution in [3.8, 4) is 11.3 Å². The van der Waals surface area contributed by atoms with Crippen molar-refractivity contribution >= 4 is 38.4 Å². The highest BCUT2D eigenvalue weighted by atomic mass is 79.9. The standard InChI is InChI=1S/C18H16BrN5/c19-13-5-3-4-12(10-13)16-11-22-18-17(21-9-8-20)23-14-6-1-2-7-15(14)24(16)18/h1-7,10-11H,8-9,20H2,(H,21,23). The number of nitrogens with two attached hydrogens (primary N) is 1. The highest BCUT2D eigenvalue weighted by Gasteiger charge is 2.14. The third-order valence-electron chi connectivity index (χ3n) is 3.89. The quantitative estimate of drug-likeness (QED) is 0.565. The van der Waals surface area contributed by atoms with Gasteiger partial charge in [0.2, 0.25) is 0 Å². The van der Waals surface area contributed by atoms with E-state index in [9.17, 15) is 0 Å². The lowest BCUT2D eigenvalue weighted by molar-refractivity contribution is 1.01. The Morgan fingerprint density at radius 1 is 1.12 bits per heavy atom. The van der Waals surface area contributed by atoms with Crippen LogP contribution in [0.5, 0.6) is 0 Å². The molecule has 0 aliphatic rings. The minimum atomic E-state index is 0.542. The van der Waals surface area contributed by atoms with Crippen LogP contribution in [0.2, 0.25) is 0 Å². The number of benzene rings is 2.